The number of amides is 1. The van der Waals surface area contributed by atoms with Crippen molar-refractivity contribution >= 4 is 11.6 Å². The first-order valence-electron chi connectivity index (χ1n) is 6.30. The normalized spacial score (nSPS) is 11.4. The highest BCUT2D eigenvalue weighted by Gasteiger charge is 2.16. The molecule has 0 saturated heterocycles. The van der Waals surface area contributed by atoms with E-state index in [4.69, 9.17) is 0 Å². The fourth-order valence-electron chi connectivity index (χ4n) is 1.44. The van der Waals surface area contributed by atoms with Crippen LogP contribution in [0.15, 0.2) is 18.2 Å². The van der Waals surface area contributed by atoms with E-state index < -0.39 is 23.2 Å². The Hall–Kier alpha value is -1.49. The molecule has 1 rings (SSSR count). The summed E-state index contributed by atoms with van der Waals surface area (Å²) >= 11 is 0. The first kappa shape index (κ1) is 15.6. The van der Waals surface area contributed by atoms with Crippen molar-refractivity contribution in [3.05, 3.63) is 29.8 Å². The molecule has 19 heavy (non-hydrogen) atoms. The SMILES string of the molecule is CCC(C)(C)CNCC(=O)Nc1c(F)cccc1F. The van der Waals surface area contributed by atoms with Crippen LogP contribution in [0.3, 0.4) is 0 Å². The van der Waals surface area contributed by atoms with E-state index in [1.165, 1.54) is 6.07 Å². The van der Waals surface area contributed by atoms with Crippen molar-refractivity contribution in [1.82, 2.24) is 5.32 Å². The molecule has 1 aromatic rings. The molecule has 0 aliphatic heterocycles. The van der Waals surface area contributed by atoms with E-state index in [1.54, 1.807) is 0 Å². The third kappa shape index (κ3) is 4.95. The summed E-state index contributed by atoms with van der Waals surface area (Å²) in [6.45, 7) is 6.91. The highest BCUT2D eigenvalue weighted by Crippen LogP contribution is 2.18. The average Bonchev–Trinajstić information content (AvgIpc) is 2.34. The largest absolute Gasteiger partial charge is 0.320 e. The molecule has 1 amide bonds. The maximum Gasteiger partial charge on any atom is 0.238 e. The Morgan fingerprint density at radius 2 is 1.84 bits per heavy atom. The quantitative estimate of drug-likeness (QED) is 0.834. The summed E-state index contributed by atoms with van der Waals surface area (Å²) in [5.74, 6) is -2.01. The van der Waals surface area contributed by atoms with Gasteiger partial charge in [-0.05, 0) is 24.0 Å². The molecule has 2 N–H and O–H groups in total. The standard InChI is InChI=1S/C14H20F2N2O/c1-4-14(2,3)9-17-8-12(19)18-13-10(15)6-5-7-11(13)16/h5-7,17H,4,8-9H2,1-3H3,(H,18,19). The monoisotopic (exact) mass is 270 g/mol. The number of carbonyl (C=O) groups excluding carboxylic acids is 1. The predicted octanol–water partition coefficient (Wildman–Crippen LogP) is 2.93. The van der Waals surface area contributed by atoms with Crippen LogP contribution in [-0.4, -0.2) is 19.0 Å². The Morgan fingerprint density at radius 1 is 1.26 bits per heavy atom. The number of hydrogen-bond acceptors (Lipinski definition) is 2. The number of rotatable bonds is 6. The molecule has 0 saturated carbocycles. The van der Waals surface area contributed by atoms with Crippen LogP contribution in [0.25, 0.3) is 0 Å². The van der Waals surface area contributed by atoms with Gasteiger partial charge in [-0.1, -0.05) is 26.8 Å². The van der Waals surface area contributed by atoms with Crippen molar-refractivity contribution in [2.45, 2.75) is 27.2 Å². The minimum Gasteiger partial charge on any atom is -0.320 e. The van der Waals surface area contributed by atoms with Crippen molar-refractivity contribution in [2.75, 3.05) is 18.4 Å². The molecule has 5 heteroatoms. The third-order valence-corrected chi connectivity index (χ3v) is 3.07. The molecular weight excluding hydrogens is 250 g/mol. The van der Waals surface area contributed by atoms with Gasteiger partial charge >= 0.3 is 0 Å². The van der Waals surface area contributed by atoms with Gasteiger partial charge in [-0.25, -0.2) is 8.78 Å². The van der Waals surface area contributed by atoms with E-state index in [1.807, 2.05) is 0 Å². The predicted molar refractivity (Wildman–Crippen MR) is 71.9 cm³/mol. The van der Waals surface area contributed by atoms with Crippen LogP contribution < -0.4 is 10.6 Å². The van der Waals surface area contributed by atoms with Crippen LogP contribution in [0.4, 0.5) is 14.5 Å². The lowest BCUT2D eigenvalue weighted by molar-refractivity contribution is -0.115. The van der Waals surface area contributed by atoms with Gasteiger partial charge in [0.25, 0.3) is 0 Å². The van der Waals surface area contributed by atoms with Gasteiger partial charge in [0.15, 0.2) is 0 Å². The van der Waals surface area contributed by atoms with Crippen LogP contribution >= 0.6 is 0 Å². The first-order valence-corrected chi connectivity index (χ1v) is 6.30. The summed E-state index contributed by atoms with van der Waals surface area (Å²) in [6, 6.07) is 3.46. The molecule has 0 aromatic heterocycles. The van der Waals surface area contributed by atoms with Gasteiger partial charge in [0.1, 0.15) is 17.3 Å². The molecule has 0 aliphatic carbocycles. The van der Waals surface area contributed by atoms with E-state index in [9.17, 15) is 13.6 Å². The molecule has 0 bridgehead atoms. The zero-order chi connectivity index (χ0) is 14.5. The number of para-hydroxylation sites is 1. The smallest absolute Gasteiger partial charge is 0.238 e. The summed E-state index contributed by atoms with van der Waals surface area (Å²) < 4.78 is 26.6. The van der Waals surface area contributed by atoms with Gasteiger partial charge in [-0.15, -0.1) is 0 Å². The molecule has 0 unspecified atom stereocenters. The Bertz CT molecular complexity index is 427. The second-order valence-corrected chi connectivity index (χ2v) is 5.27. The fourth-order valence-corrected chi connectivity index (χ4v) is 1.44. The van der Waals surface area contributed by atoms with E-state index in [0.717, 1.165) is 18.6 Å². The minimum atomic E-state index is -0.776. The molecular formula is C14H20F2N2O. The molecule has 0 radical (unpaired) electrons. The second kappa shape index (κ2) is 6.61. The molecule has 0 atom stereocenters. The van der Waals surface area contributed by atoms with Crippen molar-refractivity contribution in [3.8, 4) is 0 Å². The van der Waals surface area contributed by atoms with Crippen LogP contribution in [-0.2, 0) is 4.79 Å². The van der Waals surface area contributed by atoms with Crippen molar-refractivity contribution < 1.29 is 13.6 Å². The Morgan fingerprint density at radius 3 is 2.37 bits per heavy atom. The third-order valence-electron chi connectivity index (χ3n) is 3.07. The maximum atomic E-state index is 13.3. The van der Waals surface area contributed by atoms with Crippen LogP contribution in [0.2, 0.25) is 0 Å². The summed E-state index contributed by atoms with van der Waals surface area (Å²) in [5, 5.41) is 5.21. The van der Waals surface area contributed by atoms with Crippen molar-refractivity contribution in [2.24, 2.45) is 5.41 Å². The van der Waals surface area contributed by atoms with Gasteiger partial charge in [-0.2, -0.15) is 0 Å². The topological polar surface area (TPSA) is 41.1 Å². The van der Waals surface area contributed by atoms with E-state index >= 15 is 0 Å². The minimum absolute atomic E-state index is 0.0250. The lowest BCUT2D eigenvalue weighted by Crippen LogP contribution is -2.35. The molecule has 1 aromatic carbocycles. The Kier molecular flexibility index (Phi) is 5.42. The second-order valence-electron chi connectivity index (χ2n) is 5.27. The van der Waals surface area contributed by atoms with Gasteiger partial charge in [0.05, 0.1) is 6.54 Å². The molecule has 106 valence electrons. The van der Waals surface area contributed by atoms with Gasteiger partial charge in [0, 0.05) is 6.54 Å². The highest BCUT2D eigenvalue weighted by atomic mass is 19.1. The fraction of sp³-hybridized carbons (Fsp3) is 0.500. The number of hydrogen-bond donors (Lipinski definition) is 2. The van der Waals surface area contributed by atoms with Crippen LogP contribution in [0.5, 0.6) is 0 Å². The van der Waals surface area contributed by atoms with Crippen LogP contribution in [0.1, 0.15) is 27.2 Å². The van der Waals surface area contributed by atoms with Gasteiger partial charge < -0.3 is 10.6 Å². The van der Waals surface area contributed by atoms with E-state index in [0.29, 0.717) is 6.54 Å². The summed E-state index contributed by atoms with van der Waals surface area (Å²) in [5.41, 5.74) is -0.312. The first-order chi connectivity index (χ1) is 8.85. The molecule has 0 spiro atoms. The number of halogens is 2. The zero-order valence-corrected chi connectivity index (χ0v) is 11.5. The number of anilines is 1. The van der Waals surface area contributed by atoms with E-state index in [-0.39, 0.29) is 12.0 Å². The Balaban J connectivity index is 2.48. The number of nitrogens with one attached hydrogen (secondary N) is 2. The number of carbonyl (C=O) groups is 1. The highest BCUT2D eigenvalue weighted by molar-refractivity contribution is 5.92. The summed E-state index contributed by atoms with van der Waals surface area (Å²) in [7, 11) is 0. The summed E-state index contributed by atoms with van der Waals surface area (Å²) in [6.07, 6.45) is 0.976. The molecule has 0 heterocycles. The van der Waals surface area contributed by atoms with Crippen molar-refractivity contribution in [3.63, 3.8) is 0 Å². The molecule has 0 fully saturated rings. The zero-order valence-electron chi connectivity index (χ0n) is 11.5. The average molecular weight is 270 g/mol. The Labute approximate surface area is 112 Å². The van der Waals surface area contributed by atoms with E-state index in [2.05, 4.69) is 31.4 Å². The van der Waals surface area contributed by atoms with Crippen LogP contribution in [0, 0.1) is 17.0 Å². The molecule has 3 nitrogen and oxygen atoms in total. The van der Waals surface area contributed by atoms with Gasteiger partial charge in [-0.3, -0.25) is 4.79 Å². The number of benzene rings is 1. The molecule has 0 aliphatic rings. The lowest BCUT2D eigenvalue weighted by Gasteiger charge is -2.22. The van der Waals surface area contributed by atoms with Crippen molar-refractivity contribution in [1.29, 1.82) is 0 Å². The van der Waals surface area contributed by atoms with Gasteiger partial charge in [0.2, 0.25) is 5.91 Å². The summed E-state index contributed by atoms with van der Waals surface area (Å²) in [4.78, 5) is 11.6. The maximum absolute atomic E-state index is 13.3. The lowest BCUT2D eigenvalue weighted by atomic mass is 9.90.